The number of benzene rings is 3. The van der Waals surface area contributed by atoms with Crippen molar-refractivity contribution in [2.45, 2.75) is 64.5 Å². The number of aliphatic carboxylic acids is 1. The first-order valence-electron chi connectivity index (χ1n) is 12.6. The summed E-state index contributed by atoms with van der Waals surface area (Å²) in [5, 5.41) is 9.96. The van der Waals surface area contributed by atoms with Crippen LogP contribution in [0.25, 0.3) is 0 Å². The lowest BCUT2D eigenvalue weighted by Gasteiger charge is -2.24. The van der Waals surface area contributed by atoms with Crippen molar-refractivity contribution in [1.29, 1.82) is 0 Å². The molecule has 1 aliphatic rings. The van der Waals surface area contributed by atoms with E-state index >= 15 is 0 Å². The second-order valence-corrected chi connectivity index (χ2v) is 11.6. The molecule has 0 bridgehead atoms. The van der Waals surface area contributed by atoms with Crippen LogP contribution in [0.15, 0.2) is 66.7 Å². The molecule has 1 N–H and O–H groups in total. The van der Waals surface area contributed by atoms with E-state index in [-0.39, 0.29) is 24.3 Å². The van der Waals surface area contributed by atoms with Gasteiger partial charge >= 0.3 is 5.97 Å². The predicted octanol–water partition coefficient (Wildman–Crippen LogP) is 6.69. The first-order chi connectivity index (χ1) is 17.4. The standard InChI is InChI=1S/C31H34ClNO4/c1-30(2,3)25-10-5-22(6-11-25)20-33(16-15-28(34)35)29(36)23-9-14-27-24(17-23)19-31(4,37-27)18-21-7-12-26(32)13-8-21/h5-14,17H,15-16,18-20H2,1-4H3,(H,34,35)/t31-/m1/s1. The van der Waals surface area contributed by atoms with Gasteiger partial charge in [-0.05, 0) is 64.9 Å². The molecule has 0 aliphatic carbocycles. The van der Waals surface area contributed by atoms with Crippen molar-refractivity contribution in [3.05, 3.63) is 99.6 Å². The van der Waals surface area contributed by atoms with Crippen LogP contribution >= 0.6 is 11.6 Å². The molecule has 3 aromatic carbocycles. The third-order valence-electron chi connectivity index (χ3n) is 6.80. The van der Waals surface area contributed by atoms with Crippen molar-refractivity contribution in [3.63, 3.8) is 0 Å². The van der Waals surface area contributed by atoms with E-state index < -0.39 is 11.6 Å². The van der Waals surface area contributed by atoms with Crippen LogP contribution in [0, 0.1) is 0 Å². The fourth-order valence-corrected chi connectivity index (χ4v) is 4.91. The van der Waals surface area contributed by atoms with Gasteiger partial charge in [-0.2, -0.15) is 0 Å². The molecule has 0 aromatic heterocycles. The minimum absolute atomic E-state index is 0.0336. The molecule has 0 radical (unpaired) electrons. The molecule has 0 saturated carbocycles. The van der Waals surface area contributed by atoms with Gasteiger partial charge in [0.05, 0.1) is 6.42 Å². The summed E-state index contributed by atoms with van der Waals surface area (Å²) in [5.74, 6) is -0.334. The van der Waals surface area contributed by atoms with E-state index in [1.165, 1.54) is 5.56 Å². The molecule has 6 heteroatoms. The maximum absolute atomic E-state index is 13.6. The van der Waals surface area contributed by atoms with Gasteiger partial charge in [0.2, 0.25) is 0 Å². The number of carbonyl (C=O) groups is 2. The van der Waals surface area contributed by atoms with Crippen LogP contribution in [0.4, 0.5) is 0 Å². The Bertz CT molecular complexity index is 1280. The Hall–Kier alpha value is -3.31. The molecule has 5 nitrogen and oxygen atoms in total. The second-order valence-electron chi connectivity index (χ2n) is 11.2. The number of rotatable bonds is 8. The molecular formula is C31H34ClNO4. The normalized spacial score (nSPS) is 16.7. The highest BCUT2D eigenvalue weighted by molar-refractivity contribution is 6.30. The Morgan fingerprint density at radius 2 is 1.65 bits per heavy atom. The van der Waals surface area contributed by atoms with E-state index in [4.69, 9.17) is 16.3 Å². The number of ether oxygens (including phenoxy) is 1. The fourth-order valence-electron chi connectivity index (χ4n) is 4.78. The lowest BCUT2D eigenvalue weighted by Crippen LogP contribution is -2.33. The maximum Gasteiger partial charge on any atom is 0.305 e. The number of fused-ring (bicyclic) bond motifs is 1. The lowest BCUT2D eigenvalue weighted by molar-refractivity contribution is -0.137. The van der Waals surface area contributed by atoms with Gasteiger partial charge in [0.25, 0.3) is 5.91 Å². The van der Waals surface area contributed by atoms with Gasteiger partial charge in [0.15, 0.2) is 0 Å². The first-order valence-corrected chi connectivity index (χ1v) is 13.0. The molecule has 3 aromatic rings. The van der Waals surface area contributed by atoms with Crippen LogP contribution < -0.4 is 4.74 Å². The number of nitrogens with zero attached hydrogens (tertiary/aromatic N) is 1. The second kappa shape index (κ2) is 10.6. The van der Waals surface area contributed by atoms with E-state index in [2.05, 4.69) is 39.8 Å². The molecule has 1 atom stereocenters. The Morgan fingerprint density at radius 1 is 1.00 bits per heavy atom. The molecule has 1 aliphatic heterocycles. The van der Waals surface area contributed by atoms with Crippen LogP contribution in [0.1, 0.15) is 66.7 Å². The number of hydrogen-bond donors (Lipinski definition) is 1. The summed E-state index contributed by atoms with van der Waals surface area (Å²) in [6.45, 7) is 9.02. The smallest absolute Gasteiger partial charge is 0.305 e. The van der Waals surface area contributed by atoms with Gasteiger partial charge in [0.1, 0.15) is 11.4 Å². The minimum Gasteiger partial charge on any atom is -0.487 e. The number of amides is 1. The monoisotopic (exact) mass is 519 g/mol. The van der Waals surface area contributed by atoms with E-state index in [1.54, 1.807) is 11.0 Å². The maximum atomic E-state index is 13.6. The van der Waals surface area contributed by atoms with Crippen LogP contribution in [0.3, 0.4) is 0 Å². The Labute approximate surface area is 224 Å². The SMILES string of the molecule is CC(C)(C)c1ccc(CN(CCC(=O)O)C(=O)c2ccc3c(c2)C[C@@](C)(Cc2ccc(Cl)cc2)O3)cc1. The summed E-state index contributed by atoms with van der Waals surface area (Å²) in [7, 11) is 0. The molecule has 1 amide bonds. The van der Waals surface area contributed by atoms with Gasteiger partial charge in [-0.3, -0.25) is 9.59 Å². The number of hydrogen-bond acceptors (Lipinski definition) is 3. The lowest BCUT2D eigenvalue weighted by atomic mass is 9.87. The van der Waals surface area contributed by atoms with Crippen LogP contribution in [0.2, 0.25) is 5.02 Å². The highest BCUT2D eigenvalue weighted by atomic mass is 35.5. The fraction of sp³-hybridized carbons (Fsp3) is 0.355. The number of halogens is 1. The van der Waals surface area contributed by atoms with Gasteiger partial charge in [0, 0.05) is 36.5 Å². The number of carbonyl (C=O) groups excluding carboxylic acids is 1. The van der Waals surface area contributed by atoms with Crippen molar-refractivity contribution < 1.29 is 19.4 Å². The molecule has 0 fully saturated rings. The van der Waals surface area contributed by atoms with E-state index in [9.17, 15) is 14.7 Å². The average Bonchev–Trinajstić information content (AvgIpc) is 3.17. The van der Waals surface area contributed by atoms with E-state index in [0.29, 0.717) is 23.6 Å². The summed E-state index contributed by atoms with van der Waals surface area (Å²) in [6.07, 6.45) is 1.28. The molecule has 37 heavy (non-hydrogen) atoms. The third-order valence-corrected chi connectivity index (χ3v) is 7.05. The van der Waals surface area contributed by atoms with Crippen molar-refractivity contribution in [3.8, 4) is 5.75 Å². The zero-order valence-corrected chi connectivity index (χ0v) is 22.6. The minimum atomic E-state index is -0.929. The number of carboxylic acids is 1. The highest BCUT2D eigenvalue weighted by Crippen LogP contribution is 2.38. The largest absolute Gasteiger partial charge is 0.487 e. The highest BCUT2D eigenvalue weighted by Gasteiger charge is 2.35. The first kappa shape index (κ1) is 26.7. The van der Waals surface area contributed by atoms with Gasteiger partial charge < -0.3 is 14.7 Å². The van der Waals surface area contributed by atoms with Crippen LogP contribution in [-0.4, -0.2) is 34.0 Å². The zero-order chi connectivity index (χ0) is 26.8. The molecule has 1 heterocycles. The molecular weight excluding hydrogens is 486 g/mol. The summed E-state index contributed by atoms with van der Waals surface area (Å²) >= 11 is 6.02. The quantitative estimate of drug-likeness (QED) is 0.360. The topological polar surface area (TPSA) is 66.8 Å². The van der Waals surface area contributed by atoms with Crippen molar-refractivity contribution in [2.75, 3.05) is 6.54 Å². The van der Waals surface area contributed by atoms with Gasteiger partial charge in [-0.1, -0.05) is 68.8 Å². The summed E-state index contributed by atoms with van der Waals surface area (Å²) in [6, 6.07) is 21.4. The summed E-state index contributed by atoms with van der Waals surface area (Å²) < 4.78 is 6.30. The Kier molecular flexibility index (Phi) is 7.65. The molecule has 0 saturated heterocycles. The predicted molar refractivity (Wildman–Crippen MR) is 146 cm³/mol. The Morgan fingerprint density at radius 3 is 2.27 bits per heavy atom. The molecule has 4 rings (SSSR count). The molecule has 0 unspecified atom stereocenters. The summed E-state index contributed by atoms with van der Waals surface area (Å²) in [4.78, 5) is 26.5. The van der Waals surface area contributed by atoms with E-state index in [1.807, 2.05) is 48.5 Å². The van der Waals surface area contributed by atoms with Gasteiger partial charge in [-0.25, -0.2) is 0 Å². The van der Waals surface area contributed by atoms with E-state index in [0.717, 1.165) is 28.9 Å². The molecule has 0 spiro atoms. The molecule has 194 valence electrons. The van der Waals surface area contributed by atoms with Crippen molar-refractivity contribution >= 4 is 23.5 Å². The van der Waals surface area contributed by atoms with Crippen LogP contribution in [-0.2, 0) is 29.6 Å². The third kappa shape index (κ3) is 6.72. The zero-order valence-electron chi connectivity index (χ0n) is 21.9. The summed E-state index contributed by atoms with van der Waals surface area (Å²) in [5.41, 5.74) is 4.44. The van der Waals surface area contributed by atoms with Crippen molar-refractivity contribution in [2.24, 2.45) is 0 Å². The average molecular weight is 520 g/mol. The van der Waals surface area contributed by atoms with Gasteiger partial charge in [-0.15, -0.1) is 0 Å². The van der Waals surface area contributed by atoms with Crippen molar-refractivity contribution in [1.82, 2.24) is 4.90 Å². The van der Waals surface area contributed by atoms with Crippen LogP contribution in [0.5, 0.6) is 5.75 Å². The Balaban J connectivity index is 1.51. The number of carboxylic acid groups (broad SMARTS) is 1.